The van der Waals surface area contributed by atoms with Crippen molar-refractivity contribution in [2.24, 2.45) is 0 Å². The molecule has 1 rings (SSSR count). The van der Waals surface area contributed by atoms with Crippen molar-refractivity contribution < 1.29 is 9.53 Å². The van der Waals surface area contributed by atoms with Crippen LogP contribution in [0, 0.1) is 0 Å². The van der Waals surface area contributed by atoms with Crippen molar-refractivity contribution in [2.75, 3.05) is 6.61 Å². The Bertz CT molecular complexity index is 336. The summed E-state index contributed by atoms with van der Waals surface area (Å²) in [6, 6.07) is 1.77. The van der Waals surface area contributed by atoms with Crippen molar-refractivity contribution in [3.8, 4) is 5.75 Å². The maximum absolute atomic E-state index is 11.8. The van der Waals surface area contributed by atoms with Crippen molar-refractivity contribution in [2.45, 2.75) is 39.5 Å². The second kappa shape index (κ2) is 6.99. The fraction of sp³-hybridized carbons (Fsp3) is 0.538. The van der Waals surface area contributed by atoms with E-state index >= 15 is 0 Å². The third kappa shape index (κ3) is 4.01. The first-order chi connectivity index (χ1) is 7.77. The van der Waals surface area contributed by atoms with Gasteiger partial charge in [-0.15, -0.1) is 0 Å². The lowest BCUT2D eigenvalue weighted by Crippen LogP contribution is -2.01. The number of carbonyl (C=O) groups excluding carboxylic acids is 1. The van der Waals surface area contributed by atoms with E-state index in [-0.39, 0.29) is 5.78 Å². The number of rotatable bonds is 7. The summed E-state index contributed by atoms with van der Waals surface area (Å²) in [4.78, 5) is 15.8. The average Bonchev–Trinajstić information content (AvgIpc) is 2.30. The van der Waals surface area contributed by atoms with Crippen molar-refractivity contribution in [3.63, 3.8) is 0 Å². The van der Waals surface area contributed by atoms with Gasteiger partial charge in [-0.3, -0.25) is 9.78 Å². The summed E-state index contributed by atoms with van der Waals surface area (Å²) in [6.07, 6.45) is 7.03. The van der Waals surface area contributed by atoms with Crippen LogP contribution in [0.15, 0.2) is 18.5 Å². The van der Waals surface area contributed by atoms with Crippen LogP contribution in [-0.4, -0.2) is 17.4 Å². The molecule has 0 N–H and O–H groups in total. The number of hydrogen-bond donors (Lipinski definition) is 0. The zero-order valence-electron chi connectivity index (χ0n) is 10.0. The molecular formula is C13H19NO2. The first kappa shape index (κ1) is 12.7. The third-order valence-electron chi connectivity index (χ3n) is 2.35. The number of unbranched alkanes of at least 4 members (excludes halogenated alkanes) is 2. The van der Waals surface area contributed by atoms with E-state index in [4.69, 9.17) is 4.74 Å². The molecule has 0 aliphatic heterocycles. The van der Waals surface area contributed by atoms with E-state index in [0.29, 0.717) is 24.3 Å². The minimum Gasteiger partial charge on any atom is -0.492 e. The Hall–Kier alpha value is -1.38. The monoisotopic (exact) mass is 221 g/mol. The molecule has 0 unspecified atom stereocenters. The molecule has 16 heavy (non-hydrogen) atoms. The van der Waals surface area contributed by atoms with Gasteiger partial charge in [0.2, 0.25) is 0 Å². The van der Waals surface area contributed by atoms with E-state index in [1.165, 1.54) is 0 Å². The molecule has 0 radical (unpaired) electrons. The maximum atomic E-state index is 11.8. The van der Waals surface area contributed by atoms with Crippen LogP contribution in [0.2, 0.25) is 0 Å². The molecule has 88 valence electrons. The van der Waals surface area contributed by atoms with Gasteiger partial charge in [-0.1, -0.05) is 19.8 Å². The highest BCUT2D eigenvalue weighted by molar-refractivity contribution is 5.96. The van der Waals surface area contributed by atoms with Crippen molar-refractivity contribution >= 4 is 5.78 Å². The molecule has 3 nitrogen and oxygen atoms in total. The predicted molar refractivity (Wildman–Crippen MR) is 63.9 cm³/mol. The van der Waals surface area contributed by atoms with Crippen molar-refractivity contribution in [1.82, 2.24) is 4.98 Å². The molecular weight excluding hydrogens is 202 g/mol. The molecule has 0 fully saturated rings. The van der Waals surface area contributed by atoms with Gasteiger partial charge in [-0.05, 0) is 19.4 Å². The molecule has 1 aromatic rings. The van der Waals surface area contributed by atoms with Crippen LogP contribution < -0.4 is 4.74 Å². The van der Waals surface area contributed by atoms with Gasteiger partial charge < -0.3 is 4.74 Å². The molecule has 0 aromatic carbocycles. The van der Waals surface area contributed by atoms with Gasteiger partial charge in [0, 0.05) is 18.2 Å². The van der Waals surface area contributed by atoms with Gasteiger partial charge in [-0.25, -0.2) is 0 Å². The van der Waals surface area contributed by atoms with Gasteiger partial charge in [-0.2, -0.15) is 0 Å². The zero-order valence-corrected chi connectivity index (χ0v) is 10.0. The fourth-order valence-electron chi connectivity index (χ4n) is 1.50. The van der Waals surface area contributed by atoms with Crippen LogP contribution >= 0.6 is 0 Å². The van der Waals surface area contributed by atoms with Crippen LogP contribution in [0.25, 0.3) is 0 Å². The standard InChI is InChI=1S/C13H19NO2/c1-3-5-6-7-13(15)11-8-12(16-4-2)10-14-9-11/h8-10H,3-7H2,1-2H3. The molecule has 0 amide bonds. The fourth-order valence-corrected chi connectivity index (χ4v) is 1.50. The van der Waals surface area contributed by atoms with Crippen LogP contribution in [0.1, 0.15) is 49.9 Å². The Kier molecular flexibility index (Phi) is 5.54. The second-order valence-corrected chi connectivity index (χ2v) is 3.72. The summed E-state index contributed by atoms with van der Waals surface area (Å²) in [6.45, 7) is 4.63. The number of hydrogen-bond acceptors (Lipinski definition) is 3. The first-order valence-corrected chi connectivity index (χ1v) is 5.89. The number of ether oxygens (including phenoxy) is 1. The maximum Gasteiger partial charge on any atom is 0.164 e. The van der Waals surface area contributed by atoms with Gasteiger partial charge >= 0.3 is 0 Å². The third-order valence-corrected chi connectivity index (χ3v) is 2.35. The number of ketones is 1. The summed E-state index contributed by atoms with van der Waals surface area (Å²) in [7, 11) is 0. The van der Waals surface area contributed by atoms with E-state index in [1.54, 1.807) is 18.5 Å². The van der Waals surface area contributed by atoms with Crippen molar-refractivity contribution in [3.05, 3.63) is 24.0 Å². The second-order valence-electron chi connectivity index (χ2n) is 3.72. The average molecular weight is 221 g/mol. The van der Waals surface area contributed by atoms with E-state index < -0.39 is 0 Å². The van der Waals surface area contributed by atoms with Crippen LogP contribution in [-0.2, 0) is 0 Å². The number of aromatic nitrogens is 1. The number of Topliss-reactive ketones (excluding diaryl/α,β-unsaturated/α-hetero) is 1. The Morgan fingerprint density at radius 3 is 2.81 bits per heavy atom. The molecule has 0 saturated carbocycles. The highest BCUT2D eigenvalue weighted by Gasteiger charge is 2.06. The summed E-state index contributed by atoms with van der Waals surface area (Å²) >= 11 is 0. The quantitative estimate of drug-likeness (QED) is 0.524. The van der Waals surface area contributed by atoms with E-state index in [2.05, 4.69) is 11.9 Å². The molecule has 1 aromatic heterocycles. The van der Waals surface area contributed by atoms with E-state index in [1.807, 2.05) is 6.92 Å². The Balaban J connectivity index is 2.57. The topological polar surface area (TPSA) is 39.2 Å². The van der Waals surface area contributed by atoms with Gasteiger partial charge in [0.1, 0.15) is 5.75 Å². The van der Waals surface area contributed by atoms with E-state index in [0.717, 1.165) is 19.3 Å². The molecule has 3 heteroatoms. The van der Waals surface area contributed by atoms with Gasteiger partial charge in [0.05, 0.1) is 12.8 Å². The number of carbonyl (C=O) groups is 1. The summed E-state index contributed by atoms with van der Waals surface area (Å²) in [5, 5.41) is 0. The normalized spacial score (nSPS) is 10.1. The lowest BCUT2D eigenvalue weighted by Gasteiger charge is -2.04. The van der Waals surface area contributed by atoms with Crippen LogP contribution in [0.4, 0.5) is 0 Å². The van der Waals surface area contributed by atoms with Crippen LogP contribution in [0.3, 0.4) is 0 Å². The van der Waals surface area contributed by atoms with Gasteiger partial charge in [0.15, 0.2) is 5.78 Å². The summed E-state index contributed by atoms with van der Waals surface area (Å²) < 4.78 is 5.31. The van der Waals surface area contributed by atoms with Gasteiger partial charge in [0.25, 0.3) is 0 Å². The minimum absolute atomic E-state index is 0.155. The lowest BCUT2D eigenvalue weighted by molar-refractivity contribution is 0.0978. The summed E-state index contributed by atoms with van der Waals surface area (Å²) in [5.74, 6) is 0.825. The molecule has 0 aliphatic rings. The highest BCUT2D eigenvalue weighted by atomic mass is 16.5. The largest absolute Gasteiger partial charge is 0.492 e. The molecule has 0 saturated heterocycles. The Labute approximate surface area is 96.8 Å². The van der Waals surface area contributed by atoms with Crippen molar-refractivity contribution in [1.29, 1.82) is 0 Å². The molecule has 1 heterocycles. The molecule has 0 spiro atoms. The number of nitrogens with zero attached hydrogens (tertiary/aromatic N) is 1. The highest BCUT2D eigenvalue weighted by Crippen LogP contribution is 2.14. The molecule has 0 atom stereocenters. The van der Waals surface area contributed by atoms with Crippen LogP contribution in [0.5, 0.6) is 5.75 Å². The molecule has 0 bridgehead atoms. The Morgan fingerprint density at radius 1 is 1.31 bits per heavy atom. The zero-order chi connectivity index (χ0) is 11.8. The minimum atomic E-state index is 0.155. The SMILES string of the molecule is CCCCCC(=O)c1cncc(OCC)c1. The Morgan fingerprint density at radius 2 is 2.12 bits per heavy atom. The predicted octanol–water partition coefficient (Wildman–Crippen LogP) is 3.24. The van der Waals surface area contributed by atoms with E-state index in [9.17, 15) is 4.79 Å². The molecule has 0 aliphatic carbocycles. The lowest BCUT2D eigenvalue weighted by atomic mass is 10.1. The smallest absolute Gasteiger partial charge is 0.164 e. The number of pyridine rings is 1. The first-order valence-electron chi connectivity index (χ1n) is 5.89. The summed E-state index contributed by atoms with van der Waals surface area (Å²) in [5.41, 5.74) is 0.655.